The van der Waals surface area contributed by atoms with Gasteiger partial charge in [0.2, 0.25) is 11.9 Å². The predicted octanol–water partition coefficient (Wildman–Crippen LogP) is 2.02. The smallest absolute Gasteiger partial charge is 0.225 e. The van der Waals surface area contributed by atoms with Crippen LogP contribution in [0.4, 0.5) is 5.95 Å². The Kier molecular flexibility index (Phi) is 5.38. The first-order valence-electron chi connectivity index (χ1n) is 9.80. The summed E-state index contributed by atoms with van der Waals surface area (Å²) in [6.07, 6.45) is 5.24. The fraction of sp³-hybridized carbons (Fsp3) is 0.550. The van der Waals surface area contributed by atoms with Crippen LogP contribution in [0.5, 0.6) is 0 Å². The molecular weight excluding hydrogens is 342 g/mol. The van der Waals surface area contributed by atoms with Crippen molar-refractivity contribution in [3.05, 3.63) is 42.1 Å². The Morgan fingerprint density at radius 3 is 2.67 bits per heavy atom. The van der Waals surface area contributed by atoms with E-state index in [0.29, 0.717) is 25.4 Å². The number of nitrogens with zero attached hydrogens (tertiary/aromatic N) is 4. The molecule has 7 nitrogen and oxygen atoms in total. The van der Waals surface area contributed by atoms with Crippen LogP contribution >= 0.6 is 0 Å². The van der Waals surface area contributed by atoms with Gasteiger partial charge in [0.25, 0.3) is 0 Å². The molecule has 4 rings (SSSR count). The molecule has 1 N–H and O–H groups in total. The molecule has 2 aromatic heterocycles. The molecule has 144 valence electrons. The van der Waals surface area contributed by atoms with Crippen molar-refractivity contribution in [3.8, 4) is 0 Å². The molecule has 1 aliphatic carbocycles. The first-order chi connectivity index (χ1) is 13.2. The lowest BCUT2D eigenvalue weighted by molar-refractivity contribution is -0.131. The topological polar surface area (TPSA) is 74.5 Å². The van der Waals surface area contributed by atoms with Crippen molar-refractivity contribution in [1.29, 1.82) is 0 Å². The lowest BCUT2D eigenvalue weighted by Crippen LogP contribution is -2.49. The van der Waals surface area contributed by atoms with Crippen molar-refractivity contribution in [2.24, 2.45) is 5.92 Å². The Labute approximate surface area is 159 Å². The van der Waals surface area contributed by atoms with Crippen LogP contribution in [0, 0.1) is 5.92 Å². The van der Waals surface area contributed by atoms with Crippen molar-refractivity contribution >= 4 is 11.9 Å². The Bertz CT molecular complexity index is 755. The lowest BCUT2D eigenvalue weighted by Gasteiger charge is -2.34. The van der Waals surface area contributed by atoms with Crippen LogP contribution in [-0.2, 0) is 11.3 Å². The van der Waals surface area contributed by atoms with E-state index in [9.17, 15) is 4.79 Å². The third kappa shape index (κ3) is 4.47. The summed E-state index contributed by atoms with van der Waals surface area (Å²) in [7, 11) is 0. The molecule has 2 atom stereocenters. The van der Waals surface area contributed by atoms with Crippen LogP contribution in [0.2, 0.25) is 0 Å². The van der Waals surface area contributed by atoms with Crippen molar-refractivity contribution < 1.29 is 9.21 Å². The highest BCUT2D eigenvalue weighted by Gasteiger charge is 2.36. The molecule has 1 saturated carbocycles. The van der Waals surface area contributed by atoms with Gasteiger partial charge in [0, 0.05) is 57.5 Å². The second-order valence-electron chi connectivity index (χ2n) is 7.47. The maximum atomic E-state index is 12.4. The summed E-state index contributed by atoms with van der Waals surface area (Å²) in [5, 5.41) is 3.32. The van der Waals surface area contributed by atoms with Crippen LogP contribution in [-0.4, -0.2) is 53.5 Å². The summed E-state index contributed by atoms with van der Waals surface area (Å²) in [4.78, 5) is 25.0. The van der Waals surface area contributed by atoms with Gasteiger partial charge in [-0.1, -0.05) is 6.92 Å². The fourth-order valence-corrected chi connectivity index (χ4v) is 3.58. The molecule has 2 aromatic rings. The molecule has 0 radical (unpaired) electrons. The third-order valence-electron chi connectivity index (χ3n) is 5.44. The van der Waals surface area contributed by atoms with Gasteiger partial charge in [0.15, 0.2) is 0 Å². The summed E-state index contributed by atoms with van der Waals surface area (Å²) >= 11 is 0. The van der Waals surface area contributed by atoms with Crippen molar-refractivity contribution in [2.45, 2.75) is 32.2 Å². The third-order valence-corrected chi connectivity index (χ3v) is 5.44. The summed E-state index contributed by atoms with van der Waals surface area (Å²) in [5.74, 6) is 4.36. The van der Waals surface area contributed by atoms with E-state index < -0.39 is 0 Å². The molecule has 2 fully saturated rings. The molecular formula is C20H27N5O2. The average molecular weight is 369 g/mol. The second-order valence-corrected chi connectivity index (χ2v) is 7.47. The number of aromatic nitrogens is 2. The SMILES string of the molecule is CC1CC1c1ccc(CNCCC(=O)N2CCN(c3ncccn3)CC2)o1. The normalized spacial score (nSPS) is 22.1. The van der Waals surface area contributed by atoms with Gasteiger partial charge >= 0.3 is 0 Å². The van der Waals surface area contributed by atoms with Gasteiger partial charge < -0.3 is 19.5 Å². The minimum Gasteiger partial charge on any atom is -0.464 e. The van der Waals surface area contributed by atoms with Gasteiger partial charge in [-0.25, -0.2) is 9.97 Å². The van der Waals surface area contributed by atoms with Crippen molar-refractivity contribution in [3.63, 3.8) is 0 Å². The van der Waals surface area contributed by atoms with E-state index in [-0.39, 0.29) is 5.91 Å². The van der Waals surface area contributed by atoms with E-state index in [0.717, 1.165) is 49.6 Å². The molecule has 0 bridgehead atoms. The minimum absolute atomic E-state index is 0.197. The van der Waals surface area contributed by atoms with E-state index >= 15 is 0 Å². The molecule has 27 heavy (non-hydrogen) atoms. The van der Waals surface area contributed by atoms with Crippen molar-refractivity contribution in [1.82, 2.24) is 20.2 Å². The Hall–Kier alpha value is -2.41. The van der Waals surface area contributed by atoms with Crippen LogP contribution in [0.1, 0.15) is 37.2 Å². The summed E-state index contributed by atoms with van der Waals surface area (Å²) in [5.41, 5.74) is 0. The van der Waals surface area contributed by atoms with Crippen LogP contribution in [0.15, 0.2) is 35.0 Å². The van der Waals surface area contributed by atoms with Crippen LogP contribution in [0.25, 0.3) is 0 Å². The highest BCUT2D eigenvalue weighted by atomic mass is 16.3. The van der Waals surface area contributed by atoms with E-state index in [1.807, 2.05) is 17.0 Å². The summed E-state index contributed by atoms with van der Waals surface area (Å²) in [6, 6.07) is 5.94. The molecule has 3 heterocycles. The van der Waals surface area contributed by atoms with Gasteiger partial charge in [0.05, 0.1) is 6.54 Å². The van der Waals surface area contributed by atoms with E-state index in [4.69, 9.17) is 4.42 Å². The number of nitrogens with one attached hydrogen (secondary N) is 1. The quantitative estimate of drug-likeness (QED) is 0.753. The number of carbonyl (C=O) groups is 1. The highest BCUT2D eigenvalue weighted by Crippen LogP contribution is 2.47. The predicted molar refractivity (Wildman–Crippen MR) is 102 cm³/mol. The number of hydrogen-bond donors (Lipinski definition) is 1. The standard InChI is InChI=1S/C20H27N5O2/c1-15-13-17(15)18-4-3-16(27-18)14-21-8-5-19(26)24-9-11-25(12-10-24)20-22-6-2-7-23-20/h2-4,6-7,15,17,21H,5,8-14H2,1H3. The largest absolute Gasteiger partial charge is 0.464 e. The zero-order valence-electron chi connectivity index (χ0n) is 15.8. The summed E-state index contributed by atoms with van der Waals surface area (Å²) in [6.45, 7) is 6.58. The van der Waals surface area contributed by atoms with E-state index in [2.05, 4.69) is 33.2 Å². The van der Waals surface area contributed by atoms with Crippen LogP contribution in [0.3, 0.4) is 0 Å². The fourth-order valence-electron chi connectivity index (χ4n) is 3.58. The lowest BCUT2D eigenvalue weighted by atomic mass is 10.2. The number of piperazine rings is 1. The molecule has 7 heteroatoms. The first-order valence-corrected chi connectivity index (χ1v) is 9.80. The van der Waals surface area contributed by atoms with Gasteiger partial charge in [-0.2, -0.15) is 0 Å². The Morgan fingerprint density at radius 1 is 1.22 bits per heavy atom. The molecule has 0 aromatic carbocycles. The minimum atomic E-state index is 0.197. The number of anilines is 1. The summed E-state index contributed by atoms with van der Waals surface area (Å²) < 4.78 is 5.88. The zero-order chi connectivity index (χ0) is 18.6. The monoisotopic (exact) mass is 369 g/mol. The average Bonchev–Trinajstić information content (AvgIpc) is 3.26. The van der Waals surface area contributed by atoms with Gasteiger partial charge in [0.1, 0.15) is 11.5 Å². The van der Waals surface area contributed by atoms with Gasteiger partial charge in [-0.05, 0) is 30.5 Å². The molecule has 2 aliphatic rings. The zero-order valence-corrected chi connectivity index (χ0v) is 15.8. The molecule has 1 amide bonds. The number of hydrogen-bond acceptors (Lipinski definition) is 6. The number of furan rings is 1. The van der Waals surface area contributed by atoms with Gasteiger partial charge in [-0.3, -0.25) is 4.79 Å². The molecule has 0 spiro atoms. The number of carbonyl (C=O) groups excluding carboxylic acids is 1. The molecule has 2 unspecified atom stereocenters. The highest BCUT2D eigenvalue weighted by molar-refractivity contribution is 5.76. The van der Waals surface area contributed by atoms with Crippen LogP contribution < -0.4 is 10.2 Å². The molecule has 1 aliphatic heterocycles. The van der Waals surface area contributed by atoms with Gasteiger partial charge in [-0.15, -0.1) is 0 Å². The van der Waals surface area contributed by atoms with Crippen molar-refractivity contribution in [2.75, 3.05) is 37.6 Å². The maximum absolute atomic E-state index is 12.4. The number of amides is 1. The number of rotatable bonds is 7. The first kappa shape index (κ1) is 18.0. The second kappa shape index (κ2) is 8.08. The maximum Gasteiger partial charge on any atom is 0.225 e. The van der Waals surface area contributed by atoms with E-state index in [1.54, 1.807) is 12.4 Å². The Balaban J connectivity index is 1.14. The van der Waals surface area contributed by atoms with E-state index in [1.165, 1.54) is 6.42 Å². The molecule has 1 saturated heterocycles. The Morgan fingerprint density at radius 2 is 1.96 bits per heavy atom.